The highest BCUT2D eigenvalue weighted by Crippen LogP contribution is 2.62. The van der Waals surface area contributed by atoms with Gasteiger partial charge < -0.3 is 9.16 Å². The Kier molecular flexibility index (Phi) is 7.58. The predicted octanol–water partition coefficient (Wildman–Crippen LogP) is 6.71. The zero-order valence-electron chi connectivity index (χ0n) is 17.8. The average Bonchev–Trinajstić information content (AvgIpc) is 2.35. The second-order valence-corrected chi connectivity index (χ2v) is 16.0. The Morgan fingerprint density at radius 3 is 1.48 bits per heavy atom. The van der Waals surface area contributed by atoms with Gasteiger partial charge in [-0.2, -0.15) is 0 Å². The van der Waals surface area contributed by atoms with E-state index in [0.29, 0.717) is 0 Å². The van der Waals surface area contributed by atoms with Crippen molar-refractivity contribution in [3.8, 4) is 0 Å². The molecule has 0 radical (unpaired) electrons. The third kappa shape index (κ3) is 5.90. The largest absolute Gasteiger partial charge is 0.499 e. The number of ether oxygens (including phenoxy) is 1. The predicted molar refractivity (Wildman–Crippen MR) is 102 cm³/mol. The molecule has 0 atom stereocenters. The van der Waals surface area contributed by atoms with Gasteiger partial charge in [-0.3, -0.25) is 0 Å². The van der Waals surface area contributed by atoms with Crippen molar-refractivity contribution in [2.45, 2.75) is 91.3 Å². The van der Waals surface area contributed by atoms with Crippen LogP contribution in [0.5, 0.6) is 0 Å². The molecule has 0 aromatic heterocycles. The highest BCUT2D eigenvalue weighted by atomic mass is 28.4. The normalized spacial score (nSPS) is 14.1. The van der Waals surface area contributed by atoms with E-state index in [9.17, 15) is 9.59 Å². The van der Waals surface area contributed by atoms with E-state index in [2.05, 4.69) is 72.5 Å². The molecule has 0 aromatic rings. The van der Waals surface area contributed by atoms with Gasteiger partial charge in [0.25, 0.3) is 8.32 Å². The van der Waals surface area contributed by atoms with Crippen LogP contribution in [0.25, 0.3) is 0 Å². The van der Waals surface area contributed by atoms with Gasteiger partial charge >= 0.3 is 12.2 Å². The minimum absolute atomic E-state index is 0.189. The molecule has 0 aliphatic heterocycles. The SMILES string of the molecule is CC(C)COC(=O)N=NC(=O)O[Si](C(C)(C)C)(C(C)(C)C)C(C)(C)C. The Hall–Kier alpha value is -1.24. The summed E-state index contributed by atoms with van der Waals surface area (Å²) >= 11 is 0. The van der Waals surface area contributed by atoms with Gasteiger partial charge in [0.2, 0.25) is 0 Å². The number of rotatable bonds is 3. The van der Waals surface area contributed by atoms with Crippen LogP contribution in [0, 0.1) is 5.92 Å². The third-order valence-electron chi connectivity index (χ3n) is 4.16. The molecule has 0 aliphatic rings. The minimum Gasteiger partial charge on any atom is -0.499 e. The number of hydrogen-bond acceptors (Lipinski definition) is 4. The van der Waals surface area contributed by atoms with Gasteiger partial charge in [-0.1, -0.05) is 86.4 Å². The lowest BCUT2D eigenvalue weighted by Gasteiger charge is -2.56. The quantitative estimate of drug-likeness (QED) is 0.407. The summed E-state index contributed by atoms with van der Waals surface area (Å²) in [5.41, 5.74) is 0. The second kappa shape index (κ2) is 7.97. The molecule has 0 saturated carbocycles. The fourth-order valence-electron chi connectivity index (χ4n) is 4.33. The Bertz CT molecular complexity index is 473. The maximum absolute atomic E-state index is 12.4. The van der Waals surface area contributed by atoms with Crippen LogP contribution in [-0.2, 0) is 9.16 Å². The fourth-order valence-corrected chi connectivity index (χ4v) is 12.3. The number of amides is 2. The molecule has 7 heteroatoms. The molecule has 0 aliphatic carbocycles. The molecule has 0 unspecified atom stereocenters. The van der Waals surface area contributed by atoms with E-state index >= 15 is 0 Å². The molecular weight excluding hydrogens is 336 g/mol. The van der Waals surface area contributed by atoms with Crippen LogP contribution in [0.2, 0.25) is 15.1 Å². The summed E-state index contributed by atoms with van der Waals surface area (Å²) in [7, 11) is -2.73. The first-order valence-electron chi connectivity index (χ1n) is 8.77. The molecule has 0 bridgehead atoms. The molecule has 0 rings (SSSR count). The number of hydrogen-bond donors (Lipinski definition) is 0. The van der Waals surface area contributed by atoms with Gasteiger partial charge in [0.1, 0.15) is 0 Å². The van der Waals surface area contributed by atoms with Crippen LogP contribution in [0.15, 0.2) is 10.2 Å². The minimum atomic E-state index is -2.73. The summed E-state index contributed by atoms with van der Waals surface area (Å²) in [6.45, 7) is 22.9. The number of carbonyl (C=O) groups excluding carboxylic acids is 2. The van der Waals surface area contributed by atoms with Crippen molar-refractivity contribution in [1.29, 1.82) is 0 Å². The van der Waals surface area contributed by atoms with E-state index < -0.39 is 20.5 Å². The smallest absolute Gasteiger partial charge is 0.452 e. The van der Waals surface area contributed by atoms with Gasteiger partial charge in [-0.15, -0.1) is 0 Å². The number of azo groups is 1. The van der Waals surface area contributed by atoms with Crippen LogP contribution in [0.4, 0.5) is 9.59 Å². The van der Waals surface area contributed by atoms with Crippen LogP contribution in [0.1, 0.15) is 76.2 Å². The van der Waals surface area contributed by atoms with E-state index in [1.54, 1.807) is 0 Å². The summed E-state index contributed by atoms with van der Waals surface area (Å²) in [5.74, 6) is 0.189. The van der Waals surface area contributed by atoms with E-state index in [4.69, 9.17) is 9.16 Å². The zero-order valence-corrected chi connectivity index (χ0v) is 18.8. The molecule has 25 heavy (non-hydrogen) atoms. The third-order valence-corrected chi connectivity index (χ3v) is 11.0. The van der Waals surface area contributed by atoms with Gasteiger partial charge in [0.05, 0.1) is 6.61 Å². The second-order valence-electron chi connectivity index (χ2n) is 9.97. The first-order chi connectivity index (χ1) is 11.0. The Labute approximate surface area is 153 Å². The van der Waals surface area contributed by atoms with Crippen LogP contribution in [0.3, 0.4) is 0 Å². The molecule has 146 valence electrons. The van der Waals surface area contributed by atoms with Crippen LogP contribution >= 0.6 is 0 Å². The van der Waals surface area contributed by atoms with Crippen molar-refractivity contribution in [1.82, 2.24) is 0 Å². The van der Waals surface area contributed by atoms with Crippen LogP contribution in [-0.4, -0.2) is 27.1 Å². The molecule has 6 nitrogen and oxygen atoms in total. The molecular formula is C18H36N2O4Si. The van der Waals surface area contributed by atoms with E-state index in [1.165, 1.54) is 0 Å². The molecule has 0 fully saturated rings. The van der Waals surface area contributed by atoms with Crippen molar-refractivity contribution in [3.05, 3.63) is 0 Å². The molecule has 0 spiro atoms. The maximum Gasteiger partial charge on any atom is 0.452 e. The standard InChI is InChI=1S/C18H36N2O4Si/c1-13(2)12-23-14(21)19-20-15(22)24-25(16(3,4)5,17(6,7)8)18(9,10)11/h13H,12H2,1-11H3. The maximum atomic E-state index is 12.4. The van der Waals surface area contributed by atoms with Gasteiger partial charge in [0.15, 0.2) is 0 Å². The number of nitrogens with zero attached hydrogens (tertiary/aromatic N) is 2. The van der Waals surface area contributed by atoms with Crippen molar-refractivity contribution in [2.24, 2.45) is 16.1 Å². The van der Waals surface area contributed by atoms with Gasteiger partial charge in [0, 0.05) is 0 Å². The molecule has 2 amide bonds. The van der Waals surface area contributed by atoms with Gasteiger partial charge in [-0.25, -0.2) is 9.59 Å². The Morgan fingerprint density at radius 1 is 0.800 bits per heavy atom. The fraction of sp³-hybridized carbons (Fsp3) is 0.889. The lowest BCUT2D eigenvalue weighted by Crippen LogP contribution is -2.61. The van der Waals surface area contributed by atoms with E-state index in [0.717, 1.165) is 0 Å². The summed E-state index contributed by atoms with van der Waals surface area (Å²) in [6, 6.07) is 0. The first-order valence-corrected chi connectivity index (χ1v) is 10.7. The molecule has 0 aromatic carbocycles. The summed E-state index contributed by atoms with van der Waals surface area (Å²) in [4.78, 5) is 23.9. The van der Waals surface area contributed by atoms with Crippen molar-refractivity contribution in [2.75, 3.05) is 6.61 Å². The van der Waals surface area contributed by atoms with E-state index in [1.807, 2.05) is 13.8 Å². The van der Waals surface area contributed by atoms with Gasteiger partial charge in [-0.05, 0) is 21.0 Å². The lowest BCUT2D eigenvalue weighted by atomic mass is 10.2. The Morgan fingerprint density at radius 2 is 1.16 bits per heavy atom. The number of carbonyl (C=O) groups is 2. The highest BCUT2D eigenvalue weighted by molar-refractivity contribution is 6.83. The zero-order chi connectivity index (χ0) is 20.3. The highest BCUT2D eigenvalue weighted by Gasteiger charge is 2.64. The molecule has 0 saturated heterocycles. The topological polar surface area (TPSA) is 77.3 Å². The van der Waals surface area contributed by atoms with E-state index in [-0.39, 0.29) is 27.6 Å². The van der Waals surface area contributed by atoms with Crippen molar-refractivity contribution >= 4 is 20.5 Å². The first kappa shape index (κ1) is 23.8. The molecule has 0 N–H and O–H groups in total. The van der Waals surface area contributed by atoms with Crippen molar-refractivity contribution < 1.29 is 18.8 Å². The molecule has 0 heterocycles. The average molecular weight is 373 g/mol. The lowest BCUT2D eigenvalue weighted by molar-refractivity contribution is 0.140. The van der Waals surface area contributed by atoms with Crippen LogP contribution < -0.4 is 0 Å². The summed E-state index contributed by atoms with van der Waals surface area (Å²) < 4.78 is 10.9. The summed E-state index contributed by atoms with van der Waals surface area (Å²) in [6.07, 6.45) is -1.70. The van der Waals surface area contributed by atoms with Crippen molar-refractivity contribution in [3.63, 3.8) is 0 Å². The summed E-state index contributed by atoms with van der Waals surface area (Å²) in [5, 5.41) is 6.10. The Balaban J connectivity index is 5.56. The monoisotopic (exact) mass is 372 g/mol.